The molecule has 31 heavy (non-hydrogen) atoms. The highest BCUT2D eigenvalue weighted by atomic mass is 79.9. The number of amides is 2. The Morgan fingerprint density at radius 2 is 1.65 bits per heavy atom. The molecule has 170 valence electrons. The van der Waals surface area contributed by atoms with Crippen LogP contribution in [0.3, 0.4) is 0 Å². The Kier molecular flexibility index (Phi) is 6.67. The first-order valence-electron chi connectivity index (χ1n) is 8.16. The Bertz CT molecular complexity index is 1140. The topological polar surface area (TPSA) is 84.7 Å². The van der Waals surface area contributed by atoms with Crippen LogP contribution in [0, 0.1) is 0 Å². The lowest BCUT2D eigenvalue weighted by molar-refractivity contribution is -0.152. The molecular formula is C17H12BrF6NO5S. The summed E-state index contributed by atoms with van der Waals surface area (Å²) in [7, 11) is -4.41. The highest BCUT2D eigenvalue weighted by Gasteiger charge is 2.40. The van der Waals surface area contributed by atoms with E-state index in [2.05, 4.69) is 20.3 Å². The van der Waals surface area contributed by atoms with Crippen molar-refractivity contribution in [1.82, 2.24) is 0 Å². The van der Waals surface area contributed by atoms with Gasteiger partial charge in [-0.1, -0.05) is 6.92 Å². The number of carbonyl (C=O) groups excluding carboxylic acids is 2. The van der Waals surface area contributed by atoms with Crippen molar-refractivity contribution in [2.75, 3.05) is 10.7 Å². The van der Waals surface area contributed by atoms with E-state index in [4.69, 9.17) is 0 Å². The van der Waals surface area contributed by atoms with E-state index in [-0.39, 0.29) is 11.0 Å². The SMILES string of the molecule is CCS(=O)(=O)c1cc(C(F)(F)F)ccc1C(=O)N(C(C)=O)c1oc(C(F)(F)F)cc1Br. The van der Waals surface area contributed by atoms with Crippen molar-refractivity contribution >= 4 is 43.5 Å². The molecule has 0 saturated heterocycles. The maximum absolute atomic E-state index is 13.0. The van der Waals surface area contributed by atoms with Crippen molar-refractivity contribution in [3.8, 4) is 0 Å². The molecule has 2 rings (SSSR count). The molecule has 0 unspecified atom stereocenters. The van der Waals surface area contributed by atoms with E-state index in [1.54, 1.807) is 0 Å². The van der Waals surface area contributed by atoms with Gasteiger partial charge in [-0.15, -0.1) is 0 Å². The van der Waals surface area contributed by atoms with Crippen molar-refractivity contribution in [3.05, 3.63) is 45.6 Å². The largest absolute Gasteiger partial charge is 0.449 e. The Balaban J connectivity index is 2.73. The minimum atomic E-state index is -4.97. The molecule has 0 N–H and O–H groups in total. The molecule has 1 aromatic heterocycles. The zero-order valence-corrected chi connectivity index (χ0v) is 18.0. The molecule has 0 radical (unpaired) electrons. The van der Waals surface area contributed by atoms with Gasteiger partial charge in [-0.3, -0.25) is 9.59 Å². The monoisotopic (exact) mass is 535 g/mol. The third-order valence-corrected chi connectivity index (χ3v) is 6.26. The van der Waals surface area contributed by atoms with Crippen molar-refractivity contribution < 1.29 is 48.8 Å². The Morgan fingerprint density at radius 3 is 2.06 bits per heavy atom. The first-order valence-corrected chi connectivity index (χ1v) is 10.6. The van der Waals surface area contributed by atoms with Crippen LogP contribution in [0.25, 0.3) is 0 Å². The molecule has 0 bridgehead atoms. The fraction of sp³-hybridized carbons (Fsp3) is 0.294. The number of sulfone groups is 1. The molecule has 6 nitrogen and oxygen atoms in total. The number of benzene rings is 1. The van der Waals surface area contributed by atoms with Gasteiger partial charge >= 0.3 is 12.4 Å². The normalized spacial score (nSPS) is 12.7. The standard InChI is InChI=1S/C17H12BrF6NO5S/c1-3-31(28,29)12-6-9(16(19,20)21)4-5-10(12)14(27)25(8(2)26)15-11(18)7-13(30-15)17(22,23)24/h4-7H,3H2,1-2H3. The van der Waals surface area contributed by atoms with Gasteiger partial charge in [0.05, 0.1) is 26.2 Å². The molecule has 0 atom stereocenters. The Labute approximate surface area is 179 Å². The number of nitrogens with zero attached hydrogens (tertiary/aromatic N) is 1. The summed E-state index contributed by atoms with van der Waals surface area (Å²) >= 11 is 2.72. The fourth-order valence-corrected chi connectivity index (χ4v) is 4.01. The summed E-state index contributed by atoms with van der Waals surface area (Å²) < 4.78 is 107. The third-order valence-electron chi connectivity index (χ3n) is 3.92. The highest BCUT2D eigenvalue weighted by molar-refractivity contribution is 9.10. The summed E-state index contributed by atoms with van der Waals surface area (Å²) in [4.78, 5) is 24.0. The van der Waals surface area contributed by atoms with Gasteiger partial charge in [0.25, 0.3) is 5.91 Å². The minimum Gasteiger partial charge on any atom is -0.434 e. The van der Waals surface area contributed by atoms with Gasteiger partial charge in [-0.25, -0.2) is 13.3 Å². The van der Waals surface area contributed by atoms with Gasteiger partial charge in [-0.05, 0) is 34.1 Å². The number of hydrogen-bond donors (Lipinski definition) is 0. The maximum Gasteiger partial charge on any atom is 0.449 e. The lowest BCUT2D eigenvalue weighted by Gasteiger charge is -2.19. The van der Waals surface area contributed by atoms with E-state index >= 15 is 0 Å². The van der Waals surface area contributed by atoms with E-state index in [9.17, 15) is 44.3 Å². The van der Waals surface area contributed by atoms with Gasteiger partial charge in [0.15, 0.2) is 9.84 Å². The van der Waals surface area contributed by atoms with E-state index < -0.39 is 71.9 Å². The van der Waals surface area contributed by atoms with Crippen LogP contribution in [0.5, 0.6) is 0 Å². The van der Waals surface area contributed by atoms with E-state index in [0.29, 0.717) is 18.2 Å². The Hall–Kier alpha value is -2.35. The van der Waals surface area contributed by atoms with E-state index in [0.717, 1.165) is 13.8 Å². The van der Waals surface area contributed by atoms with Crippen molar-refractivity contribution in [1.29, 1.82) is 0 Å². The number of hydrogen-bond acceptors (Lipinski definition) is 5. The first kappa shape index (κ1) is 24.9. The molecular weight excluding hydrogens is 524 g/mol. The minimum absolute atomic E-state index is 0.0938. The van der Waals surface area contributed by atoms with Crippen LogP contribution in [-0.4, -0.2) is 26.0 Å². The summed E-state index contributed by atoms with van der Waals surface area (Å²) in [6, 6.07) is 1.61. The quantitative estimate of drug-likeness (QED) is 0.510. The number of anilines is 1. The van der Waals surface area contributed by atoms with Gasteiger partial charge in [0.1, 0.15) is 0 Å². The molecule has 2 amide bonds. The zero-order chi connectivity index (χ0) is 23.9. The smallest absolute Gasteiger partial charge is 0.434 e. The van der Waals surface area contributed by atoms with E-state index in [1.807, 2.05) is 0 Å². The van der Waals surface area contributed by atoms with Gasteiger partial charge in [-0.2, -0.15) is 26.3 Å². The van der Waals surface area contributed by atoms with Crippen LogP contribution in [-0.2, 0) is 27.0 Å². The number of carbonyl (C=O) groups is 2. The number of halogens is 7. The average molecular weight is 536 g/mol. The average Bonchev–Trinajstić information content (AvgIpc) is 3.02. The number of furan rings is 1. The summed E-state index contributed by atoms with van der Waals surface area (Å²) in [6.07, 6.45) is -9.91. The molecule has 0 aliphatic heterocycles. The summed E-state index contributed by atoms with van der Waals surface area (Å²) in [5, 5.41) is 0. The highest BCUT2D eigenvalue weighted by Crippen LogP contribution is 2.40. The maximum atomic E-state index is 13.0. The second-order valence-corrected chi connectivity index (χ2v) is 9.13. The van der Waals surface area contributed by atoms with Crippen molar-refractivity contribution in [3.63, 3.8) is 0 Å². The molecule has 0 aliphatic rings. The second kappa shape index (κ2) is 8.30. The predicted octanol–water partition coefficient (Wildman–Crippen LogP) is 5.07. The molecule has 0 saturated carbocycles. The van der Waals surface area contributed by atoms with Crippen LogP contribution in [0.15, 0.2) is 38.1 Å². The molecule has 1 heterocycles. The molecule has 1 aromatic carbocycles. The summed E-state index contributed by atoms with van der Waals surface area (Å²) in [6.45, 7) is 1.89. The van der Waals surface area contributed by atoms with Crippen molar-refractivity contribution in [2.45, 2.75) is 31.1 Å². The Morgan fingerprint density at radius 1 is 1.06 bits per heavy atom. The van der Waals surface area contributed by atoms with Crippen LogP contribution >= 0.6 is 15.9 Å². The van der Waals surface area contributed by atoms with E-state index in [1.165, 1.54) is 0 Å². The summed E-state index contributed by atoms with van der Waals surface area (Å²) in [5.41, 5.74) is -2.22. The number of alkyl halides is 6. The van der Waals surface area contributed by atoms with Gasteiger partial charge in [0, 0.05) is 13.0 Å². The lowest BCUT2D eigenvalue weighted by Crippen LogP contribution is -2.36. The van der Waals surface area contributed by atoms with Crippen LogP contribution < -0.4 is 4.90 Å². The van der Waals surface area contributed by atoms with Gasteiger partial charge in [0.2, 0.25) is 17.6 Å². The lowest BCUT2D eigenvalue weighted by atomic mass is 10.1. The second-order valence-electron chi connectivity index (χ2n) is 6.03. The zero-order valence-electron chi connectivity index (χ0n) is 15.6. The summed E-state index contributed by atoms with van der Waals surface area (Å²) in [5.74, 6) is -5.82. The van der Waals surface area contributed by atoms with Crippen LogP contribution in [0.1, 0.15) is 35.5 Å². The molecule has 2 aromatic rings. The third kappa shape index (κ3) is 5.11. The molecule has 0 spiro atoms. The molecule has 0 fully saturated rings. The fourth-order valence-electron chi connectivity index (χ4n) is 2.44. The predicted molar refractivity (Wildman–Crippen MR) is 98.1 cm³/mol. The van der Waals surface area contributed by atoms with Crippen molar-refractivity contribution in [2.24, 2.45) is 0 Å². The first-order chi connectivity index (χ1) is 14.0. The number of imide groups is 1. The van der Waals surface area contributed by atoms with Crippen LogP contribution in [0.2, 0.25) is 0 Å². The molecule has 14 heteroatoms. The van der Waals surface area contributed by atoms with Gasteiger partial charge < -0.3 is 4.42 Å². The molecule has 0 aliphatic carbocycles. The van der Waals surface area contributed by atoms with Crippen LogP contribution in [0.4, 0.5) is 32.2 Å². The number of rotatable bonds is 4.